The molecule has 0 radical (unpaired) electrons. The van der Waals surface area contributed by atoms with Gasteiger partial charge in [0.25, 0.3) is 0 Å². The lowest BCUT2D eigenvalue weighted by molar-refractivity contribution is -0.127. The van der Waals surface area contributed by atoms with E-state index in [1.807, 2.05) is 0 Å². The van der Waals surface area contributed by atoms with Crippen LogP contribution in [0.2, 0.25) is 0 Å². The first kappa shape index (κ1) is 23.3. The van der Waals surface area contributed by atoms with Gasteiger partial charge >= 0.3 is 10.4 Å². The molecule has 4 aliphatic rings. The molecule has 0 aromatic heterocycles. The highest BCUT2D eigenvalue weighted by molar-refractivity contribution is 7.81. The van der Waals surface area contributed by atoms with Crippen molar-refractivity contribution in [3.8, 4) is 0 Å². The lowest BCUT2D eigenvalue weighted by Crippen LogP contribution is -2.51. The van der Waals surface area contributed by atoms with E-state index in [4.69, 9.17) is 17.5 Å². The Hall–Kier alpha value is -0.410. The number of carbonyl (C=O) groups excluding carboxylic acids is 1. The molecule has 3 saturated carbocycles. The maximum absolute atomic E-state index is 12.4. The Morgan fingerprint density at radius 2 is 1.79 bits per heavy atom. The van der Waals surface area contributed by atoms with E-state index in [9.17, 15) is 9.90 Å². The van der Waals surface area contributed by atoms with Crippen LogP contribution in [0.15, 0.2) is 11.6 Å². The number of thiol groups is 1. The van der Waals surface area contributed by atoms with E-state index in [1.165, 1.54) is 31.3 Å². The summed E-state index contributed by atoms with van der Waals surface area (Å²) < 4.78 is 31.6. The first-order valence-corrected chi connectivity index (χ1v) is 12.6. The molecule has 0 amide bonds. The van der Waals surface area contributed by atoms with Gasteiger partial charge in [-0.3, -0.25) is 13.9 Å². The van der Waals surface area contributed by atoms with Crippen molar-refractivity contribution in [2.75, 3.05) is 5.75 Å². The molecule has 0 spiro atoms. The molecule has 0 aromatic carbocycles. The van der Waals surface area contributed by atoms with Crippen LogP contribution in [-0.2, 0) is 15.2 Å². The van der Waals surface area contributed by atoms with Crippen LogP contribution in [0, 0.1) is 34.5 Å². The molecule has 4 rings (SSSR count). The normalized spacial score (nSPS) is 43.8. The largest absolute Gasteiger partial charge is 0.394 e. The molecule has 7 unspecified atom stereocenters. The molecule has 8 heteroatoms. The summed E-state index contributed by atoms with van der Waals surface area (Å²) in [5, 5.41) is 10.1. The SMILES string of the molecule is CC12CCC(O)CC1=CCC1C2CCC2(C)C(C(=O)CS)CCC12.O=S(=O)(O)O. The second-order valence-corrected chi connectivity index (χ2v) is 11.1. The van der Waals surface area contributed by atoms with Crippen LogP contribution in [0.5, 0.6) is 0 Å². The van der Waals surface area contributed by atoms with Crippen LogP contribution in [0.4, 0.5) is 0 Å². The summed E-state index contributed by atoms with van der Waals surface area (Å²) >= 11 is 4.28. The molecule has 6 nitrogen and oxygen atoms in total. The standard InChI is InChI=1S/C21H32O2S.H2O4S/c1-20-9-7-14(22)11-13(20)3-4-15-16-5-6-18(19(23)12-24)21(16,2)10-8-17(15)20;1-5(2,3)4/h3,14-18,22,24H,4-12H2,1-2H3;(H2,1,2,3,4). The van der Waals surface area contributed by atoms with Gasteiger partial charge in [-0.2, -0.15) is 21.0 Å². The van der Waals surface area contributed by atoms with E-state index in [2.05, 4.69) is 32.6 Å². The topological polar surface area (TPSA) is 112 Å². The lowest BCUT2D eigenvalue weighted by atomic mass is 9.47. The number of hydrogen-bond acceptors (Lipinski definition) is 5. The number of aliphatic hydroxyl groups excluding tert-OH is 1. The molecule has 4 aliphatic carbocycles. The number of carbonyl (C=O) groups is 1. The molecule has 0 bridgehead atoms. The maximum Gasteiger partial charge on any atom is 0.394 e. The van der Waals surface area contributed by atoms with Crippen LogP contribution in [0.25, 0.3) is 0 Å². The zero-order valence-electron chi connectivity index (χ0n) is 17.2. The van der Waals surface area contributed by atoms with E-state index >= 15 is 0 Å². The van der Waals surface area contributed by atoms with Gasteiger partial charge in [-0.05, 0) is 80.0 Å². The highest BCUT2D eigenvalue weighted by Crippen LogP contribution is 2.66. The van der Waals surface area contributed by atoms with E-state index in [1.54, 1.807) is 0 Å². The number of aliphatic hydroxyl groups is 1. The second-order valence-electron chi connectivity index (χ2n) is 9.90. The Morgan fingerprint density at radius 3 is 2.41 bits per heavy atom. The molecule has 7 atom stereocenters. The Balaban J connectivity index is 0.000000431. The van der Waals surface area contributed by atoms with Gasteiger partial charge in [0.15, 0.2) is 0 Å². The third-order valence-corrected chi connectivity index (χ3v) is 8.93. The molecular weight excluding hydrogens is 412 g/mol. The minimum absolute atomic E-state index is 0.126. The van der Waals surface area contributed by atoms with E-state index in [0.717, 1.165) is 37.5 Å². The number of allylic oxidation sites excluding steroid dienone is 1. The van der Waals surface area contributed by atoms with Crippen LogP contribution in [0.1, 0.15) is 65.2 Å². The highest BCUT2D eigenvalue weighted by atomic mass is 32.3. The van der Waals surface area contributed by atoms with Gasteiger partial charge < -0.3 is 5.11 Å². The van der Waals surface area contributed by atoms with Gasteiger partial charge in [0, 0.05) is 11.7 Å². The Morgan fingerprint density at radius 1 is 1.14 bits per heavy atom. The van der Waals surface area contributed by atoms with Gasteiger partial charge in [0.05, 0.1) is 6.10 Å². The lowest BCUT2D eigenvalue weighted by Gasteiger charge is -2.57. The average Bonchev–Trinajstić information content (AvgIpc) is 2.97. The first-order valence-electron chi connectivity index (χ1n) is 10.6. The Labute approximate surface area is 179 Å². The Bertz CT molecular complexity index is 770. The molecule has 166 valence electrons. The highest BCUT2D eigenvalue weighted by Gasteiger charge is 2.59. The minimum Gasteiger partial charge on any atom is -0.393 e. The van der Waals surface area contributed by atoms with Crippen molar-refractivity contribution in [3.63, 3.8) is 0 Å². The fraction of sp³-hybridized carbons (Fsp3) is 0.857. The zero-order chi connectivity index (χ0) is 21.6. The summed E-state index contributed by atoms with van der Waals surface area (Å²) in [6, 6.07) is 0. The van der Waals surface area contributed by atoms with Crippen LogP contribution in [-0.4, -0.2) is 40.3 Å². The Kier molecular flexibility index (Phi) is 6.63. The van der Waals surface area contributed by atoms with Gasteiger partial charge in [-0.15, -0.1) is 0 Å². The van der Waals surface area contributed by atoms with Gasteiger partial charge in [-0.1, -0.05) is 25.5 Å². The van der Waals surface area contributed by atoms with Crippen molar-refractivity contribution in [2.24, 2.45) is 34.5 Å². The number of fused-ring (bicyclic) bond motifs is 5. The van der Waals surface area contributed by atoms with Crippen LogP contribution < -0.4 is 0 Å². The smallest absolute Gasteiger partial charge is 0.393 e. The average molecular weight is 447 g/mol. The first-order chi connectivity index (χ1) is 13.4. The van der Waals surface area contributed by atoms with Crippen molar-refractivity contribution < 1.29 is 27.4 Å². The van der Waals surface area contributed by atoms with E-state index in [0.29, 0.717) is 22.9 Å². The minimum atomic E-state index is -4.67. The molecule has 3 N–H and O–H groups in total. The molecule has 3 fully saturated rings. The van der Waals surface area contributed by atoms with Gasteiger partial charge in [0.2, 0.25) is 0 Å². The quantitative estimate of drug-likeness (QED) is 0.292. The molecule has 0 aliphatic heterocycles. The summed E-state index contributed by atoms with van der Waals surface area (Å²) in [5.74, 6) is 3.22. The molecular formula is C21H34O6S2. The monoisotopic (exact) mass is 446 g/mol. The predicted molar refractivity (Wildman–Crippen MR) is 114 cm³/mol. The van der Waals surface area contributed by atoms with Gasteiger partial charge in [-0.25, -0.2) is 0 Å². The summed E-state index contributed by atoms with van der Waals surface area (Å²) in [4.78, 5) is 12.4. The molecule has 0 aromatic rings. The summed E-state index contributed by atoms with van der Waals surface area (Å²) in [6.45, 7) is 4.87. The van der Waals surface area contributed by atoms with E-state index in [-0.39, 0.29) is 17.4 Å². The van der Waals surface area contributed by atoms with Gasteiger partial charge in [0.1, 0.15) is 5.78 Å². The van der Waals surface area contributed by atoms with Crippen molar-refractivity contribution in [1.29, 1.82) is 0 Å². The number of ketones is 1. The van der Waals surface area contributed by atoms with Crippen molar-refractivity contribution in [2.45, 2.75) is 71.3 Å². The van der Waals surface area contributed by atoms with Crippen molar-refractivity contribution >= 4 is 28.8 Å². The third kappa shape index (κ3) is 4.47. The molecule has 29 heavy (non-hydrogen) atoms. The maximum atomic E-state index is 12.4. The fourth-order valence-electron chi connectivity index (χ4n) is 7.28. The second kappa shape index (κ2) is 8.26. The summed E-state index contributed by atoms with van der Waals surface area (Å²) in [7, 11) is -4.67. The molecule has 0 saturated heterocycles. The number of hydrogen-bond donors (Lipinski definition) is 4. The number of rotatable bonds is 2. The predicted octanol–water partition coefficient (Wildman–Crippen LogP) is 3.77. The zero-order valence-corrected chi connectivity index (χ0v) is 19.0. The van der Waals surface area contributed by atoms with Crippen LogP contribution in [0.3, 0.4) is 0 Å². The molecule has 0 heterocycles. The van der Waals surface area contributed by atoms with Crippen molar-refractivity contribution in [1.82, 2.24) is 0 Å². The van der Waals surface area contributed by atoms with Crippen LogP contribution >= 0.6 is 12.6 Å². The summed E-state index contributed by atoms with van der Waals surface area (Å²) in [5.41, 5.74) is 2.04. The number of Topliss-reactive ketones (excluding diaryl/α,β-unsaturated/α-hetero) is 1. The van der Waals surface area contributed by atoms with E-state index < -0.39 is 10.4 Å². The fourth-order valence-corrected chi connectivity index (χ4v) is 7.50. The third-order valence-electron chi connectivity index (χ3n) is 8.62. The summed E-state index contributed by atoms with van der Waals surface area (Å²) in [6.07, 6.45) is 11.3. The van der Waals surface area contributed by atoms with Crippen molar-refractivity contribution in [3.05, 3.63) is 11.6 Å².